The first-order valence-corrected chi connectivity index (χ1v) is 13.6. The monoisotopic (exact) mass is 483 g/mol. The van der Waals surface area contributed by atoms with Gasteiger partial charge in [-0.25, -0.2) is 8.51 Å². The van der Waals surface area contributed by atoms with E-state index in [4.69, 9.17) is 4.74 Å². The molecule has 0 aliphatic carbocycles. The number of hydrogen-bond donors (Lipinski definition) is 0. The molecule has 1 saturated heterocycles. The van der Waals surface area contributed by atoms with E-state index in [-0.39, 0.29) is 11.9 Å². The van der Waals surface area contributed by atoms with Crippen LogP contribution in [0.2, 0.25) is 0 Å². The summed E-state index contributed by atoms with van der Waals surface area (Å²) in [7, 11) is 0.732. The predicted molar refractivity (Wildman–Crippen MR) is 136 cm³/mol. The Hall–Kier alpha value is -2.22. The van der Waals surface area contributed by atoms with Gasteiger partial charge < -0.3 is 14.5 Å². The maximum absolute atomic E-state index is 13.6. The summed E-state index contributed by atoms with van der Waals surface area (Å²) < 4.78 is 21.0. The molecule has 0 bridgehead atoms. The van der Waals surface area contributed by atoms with Gasteiger partial charge in [0, 0.05) is 26.7 Å². The van der Waals surface area contributed by atoms with Crippen molar-refractivity contribution in [2.24, 2.45) is 0 Å². The molecule has 184 valence electrons. The van der Waals surface area contributed by atoms with E-state index in [9.17, 15) is 9.00 Å². The number of carbonyl (C=O) groups excluding carboxylic acids is 1. The third kappa shape index (κ3) is 5.53. The van der Waals surface area contributed by atoms with Crippen LogP contribution in [0.1, 0.15) is 50.3 Å². The molecular weight excluding hydrogens is 446 g/mol. The van der Waals surface area contributed by atoms with Crippen molar-refractivity contribution in [1.82, 2.24) is 14.1 Å². The summed E-state index contributed by atoms with van der Waals surface area (Å²) in [5, 5.41) is 0. The number of hydrogen-bond acceptors (Lipinski definition) is 4. The van der Waals surface area contributed by atoms with Crippen LogP contribution in [0.15, 0.2) is 53.4 Å². The average Bonchev–Trinajstić information content (AvgIpc) is 3.40. The van der Waals surface area contributed by atoms with E-state index in [0.29, 0.717) is 6.42 Å². The Labute approximate surface area is 206 Å². The van der Waals surface area contributed by atoms with Crippen LogP contribution in [0.5, 0.6) is 5.75 Å². The van der Waals surface area contributed by atoms with Gasteiger partial charge in [0.2, 0.25) is 0 Å². The second kappa shape index (κ2) is 11.5. The number of benzene rings is 2. The smallest absolute Gasteiger partial charge is 0.263 e. The normalized spacial score (nSPS) is 19.9. The number of likely N-dealkylation sites (N-methyl/N-ethyl adjacent to an activating group) is 1. The van der Waals surface area contributed by atoms with Gasteiger partial charge in [0.15, 0.2) is 6.10 Å². The molecule has 0 aromatic heterocycles. The summed E-state index contributed by atoms with van der Waals surface area (Å²) in [6.07, 6.45) is 3.32. The van der Waals surface area contributed by atoms with Crippen molar-refractivity contribution in [3.8, 4) is 5.75 Å². The second-order valence-electron chi connectivity index (χ2n) is 9.16. The predicted octanol–water partition coefficient (Wildman–Crippen LogP) is 4.04. The van der Waals surface area contributed by atoms with Crippen LogP contribution in [-0.4, -0.2) is 70.1 Å². The molecule has 6 nitrogen and oxygen atoms in total. The van der Waals surface area contributed by atoms with Crippen LogP contribution in [0, 0.1) is 0 Å². The van der Waals surface area contributed by atoms with Crippen LogP contribution in [-0.2, 0) is 22.2 Å². The lowest BCUT2D eigenvalue weighted by molar-refractivity contribution is -0.140. The Morgan fingerprint density at radius 2 is 1.82 bits per heavy atom. The molecule has 2 aliphatic heterocycles. The van der Waals surface area contributed by atoms with Crippen LogP contribution in [0.25, 0.3) is 0 Å². The average molecular weight is 484 g/mol. The molecular formula is C27H37N3O3S. The lowest BCUT2D eigenvalue weighted by Crippen LogP contribution is -2.46. The highest BCUT2D eigenvalue weighted by molar-refractivity contribution is 7.82. The number of nitrogens with zero attached hydrogens (tertiary/aromatic N) is 3. The van der Waals surface area contributed by atoms with Crippen molar-refractivity contribution < 1.29 is 13.7 Å². The standard InChI is InChI=1S/C27H37N3O3S/c1-4-30(5-2)34(32)23-14-16-25-22(19-23)13-15-26(33-25)27(31)28(3)24(20-29-17-9-10-18-29)21-11-7-6-8-12-21/h6-8,11-12,14,16,19,24,26H,4-5,9-10,13,15,17-18,20H2,1-3H3. The molecule has 0 N–H and O–H groups in total. The number of rotatable bonds is 9. The molecule has 1 amide bonds. The van der Waals surface area contributed by atoms with Gasteiger partial charge in [0.1, 0.15) is 16.7 Å². The third-order valence-corrected chi connectivity index (χ3v) is 8.67. The number of fused-ring (bicyclic) bond motifs is 1. The maximum atomic E-state index is 13.6. The molecule has 3 atom stereocenters. The van der Waals surface area contributed by atoms with E-state index in [2.05, 4.69) is 17.0 Å². The molecule has 4 rings (SSSR count). The first kappa shape index (κ1) is 24.9. The molecule has 34 heavy (non-hydrogen) atoms. The van der Waals surface area contributed by atoms with Crippen molar-refractivity contribution in [2.75, 3.05) is 39.8 Å². The van der Waals surface area contributed by atoms with Gasteiger partial charge in [0.05, 0.1) is 10.9 Å². The minimum Gasteiger partial charge on any atom is -0.480 e. The van der Waals surface area contributed by atoms with E-state index in [1.807, 2.05) is 66.5 Å². The number of carbonyl (C=O) groups is 1. The molecule has 2 aromatic carbocycles. The van der Waals surface area contributed by atoms with Crippen molar-refractivity contribution in [1.29, 1.82) is 0 Å². The minimum atomic E-state index is -1.18. The lowest BCUT2D eigenvalue weighted by atomic mass is 10.00. The summed E-state index contributed by atoms with van der Waals surface area (Å²) >= 11 is 0. The van der Waals surface area contributed by atoms with Crippen molar-refractivity contribution >= 4 is 16.9 Å². The Bertz CT molecular complexity index is 990. The second-order valence-corrected chi connectivity index (χ2v) is 10.6. The first-order chi connectivity index (χ1) is 16.5. The summed E-state index contributed by atoms with van der Waals surface area (Å²) in [4.78, 5) is 18.7. The molecule has 7 heteroatoms. The first-order valence-electron chi connectivity index (χ1n) is 12.5. The lowest BCUT2D eigenvalue weighted by Gasteiger charge is -2.35. The summed E-state index contributed by atoms with van der Waals surface area (Å²) in [6.45, 7) is 8.53. The van der Waals surface area contributed by atoms with Crippen molar-refractivity contribution in [2.45, 2.75) is 56.6 Å². The van der Waals surface area contributed by atoms with Gasteiger partial charge in [0.25, 0.3) is 5.91 Å². The number of amides is 1. The van der Waals surface area contributed by atoms with Gasteiger partial charge in [-0.15, -0.1) is 0 Å². The fraction of sp³-hybridized carbons (Fsp3) is 0.519. The SMILES string of the molecule is CCN(CC)S(=O)c1ccc2c(c1)CCC(C(=O)N(C)C(CN1CCCC1)c1ccccc1)O2. The topological polar surface area (TPSA) is 53.1 Å². The van der Waals surface area contributed by atoms with Crippen LogP contribution in [0.3, 0.4) is 0 Å². The summed E-state index contributed by atoms with van der Waals surface area (Å²) in [6, 6.07) is 16.0. The zero-order valence-electron chi connectivity index (χ0n) is 20.6. The zero-order valence-corrected chi connectivity index (χ0v) is 21.4. The Balaban J connectivity index is 1.48. The van der Waals surface area contributed by atoms with Gasteiger partial charge in [-0.05, 0) is 68.1 Å². The Morgan fingerprint density at radius 3 is 2.50 bits per heavy atom. The molecule has 0 spiro atoms. The van der Waals surface area contributed by atoms with Crippen molar-refractivity contribution in [3.63, 3.8) is 0 Å². The number of likely N-dealkylation sites (tertiary alicyclic amines) is 1. The van der Waals surface area contributed by atoms with E-state index < -0.39 is 17.1 Å². The summed E-state index contributed by atoms with van der Waals surface area (Å²) in [5.41, 5.74) is 2.19. The third-order valence-electron chi connectivity index (χ3n) is 7.02. The zero-order chi connectivity index (χ0) is 24.1. The van der Waals surface area contributed by atoms with Crippen molar-refractivity contribution in [3.05, 3.63) is 59.7 Å². The van der Waals surface area contributed by atoms with E-state index in [0.717, 1.165) is 60.9 Å². The number of ether oxygens (including phenoxy) is 1. The molecule has 2 heterocycles. The quantitative estimate of drug-likeness (QED) is 0.540. The Morgan fingerprint density at radius 1 is 1.12 bits per heavy atom. The molecule has 0 saturated carbocycles. The molecule has 2 aromatic rings. The fourth-order valence-electron chi connectivity index (χ4n) is 4.97. The van der Waals surface area contributed by atoms with E-state index in [1.165, 1.54) is 12.8 Å². The Kier molecular flexibility index (Phi) is 8.40. The highest BCUT2D eigenvalue weighted by atomic mass is 32.2. The maximum Gasteiger partial charge on any atom is 0.263 e. The van der Waals surface area contributed by atoms with Gasteiger partial charge >= 0.3 is 0 Å². The van der Waals surface area contributed by atoms with E-state index in [1.54, 1.807) is 0 Å². The highest BCUT2D eigenvalue weighted by Gasteiger charge is 2.33. The molecule has 3 unspecified atom stereocenters. The molecule has 2 aliphatic rings. The fourth-order valence-corrected chi connectivity index (χ4v) is 6.17. The van der Waals surface area contributed by atoms with Crippen LogP contribution in [0.4, 0.5) is 0 Å². The minimum absolute atomic E-state index is 0.00401. The highest BCUT2D eigenvalue weighted by Crippen LogP contribution is 2.32. The largest absolute Gasteiger partial charge is 0.480 e. The molecule has 0 radical (unpaired) electrons. The van der Waals surface area contributed by atoms with Crippen LogP contribution < -0.4 is 4.74 Å². The van der Waals surface area contributed by atoms with Gasteiger partial charge in [-0.3, -0.25) is 4.79 Å². The summed E-state index contributed by atoms with van der Waals surface area (Å²) in [5.74, 6) is 0.753. The van der Waals surface area contributed by atoms with Crippen LogP contribution >= 0.6 is 0 Å². The van der Waals surface area contributed by atoms with Gasteiger partial charge in [-0.1, -0.05) is 44.2 Å². The van der Waals surface area contributed by atoms with E-state index >= 15 is 0 Å². The number of aryl methyl sites for hydroxylation is 1. The molecule has 1 fully saturated rings. The van der Waals surface area contributed by atoms with Gasteiger partial charge in [-0.2, -0.15) is 0 Å².